The molecule has 1 aromatic carbocycles. The van der Waals surface area contributed by atoms with Gasteiger partial charge in [-0.15, -0.1) is 0 Å². The van der Waals surface area contributed by atoms with Crippen LogP contribution in [0.1, 0.15) is 18.6 Å². The Morgan fingerprint density at radius 1 is 1.24 bits per heavy atom. The number of nitrogens with zero attached hydrogens (tertiary/aromatic N) is 1. The summed E-state index contributed by atoms with van der Waals surface area (Å²) in [6, 6.07) is 8.44. The SMILES string of the molecule is C[C@H](O)c1ccc(Sc2ccncc2)c(F)c1. The predicted molar refractivity (Wildman–Crippen MR) is 65.4 cm³/mol. The van der Waals surface area contributed by atoms with E-state index in [0.717, 1.165) is 4.90 Å². The number of aliphatic hydroxyl groups is 1. The van der Waals surface area contributed by atoms with Gasteiger partial charge in [0, 0.05) is 22.2 Å². The summed E-state index contributed by atoms with van der Waals surface area (Å²) in [4.78, 5) is 5.38. The van der Waals surface area contributed by atoms with Crippen LogP contribution in [0.2, 0.25) is 0 Å². The molecule has 1 heterocycles. The molecule has 0 fully saturated rings. The summed E-state index contributed by atoms with van der Waals surface area (Å²) in [6.45, 7) is 1.62. The monoisotopic (exact) mass is 249 g/mol. The first-order chi connectivity index (χ1) is 8.16. The number of aromatic nitrogens is 1. The second-order valence-corrected chi connectivity index (χ2v) is 4.77. The summed E-state index contributed by atoms with van der Waals surface area (Å²) in [5.74, 6) is -0.315. The van der Waals surface area contributed by atoms with Gasteiger partial charge in [0.25, 0.3) is 0 Å². The van der Waals surface area contributed by atoms with Crippen LogP contribution in [0, 0.1) is 5.82 Å². The maximum atomic E-state index is 13.7. The Labute approximate surface area is 104 Å². The van der Waals surface area contributed by atoms with Gasteiger partial charge in [0.1, 0.15) is 5.82 Å². The molecule has 4 heteroatoms. The average molecular weight is 249 g/mol. The lowest BCUT2D eigenvalue weighted by Gasteiger charge is -2.07. The lowest BCUT2D eigenvalue weighted by atomic mass is 10.1. The van der Waals surface area contributed by atoms with Gasteiger partial charge in [-0.2, -0.15) is 0 Å². The Hall–Kier alpha value is -1.39. The fraction of sp³-hybridized carbons (Fsp3) is 0.154. The summed E-state index contributed by atoms with van der Waals surface area (Å²) < 4.78 is 13.7. The normalized spacial score (nSPS) is 12.4. The van der Waals surface area contributed by atoms with Gasteiger partial charge in [-0.3, -0.25) is 4.98 Å². The third-order valence-electron chi connectivity index (χ3n) is 2.32. The molecular formula is C13H12FNOS. The van der Waals surface area contributed by atoms with E-state index in [9.17, 15) is 9.50 Å². The fourth-order valence-electron chi connectivity index (χ4n) is 1.39. The highest BCUT2D eigenvalue weighted by Gasteiger charge is 2.08. The molecular weight excluding hydrogens is 237 g/mol. The van der Waals surface area contributed by atoms with Crippen LogP contribution >= 0.6 is 11.8 Å². The number of hydrogen-bond acceptors (Lipinski definition) is 3. The third-order valence-corrected chi connectivity index (χ3v) is 3.37. The molecule has 0 amide bonds. The maximum absolute atomic E-state index is 13.7. The minimum Gasteiger partial charge on any atom is -0.389 e. The van der Waals surface area contributed by atoms with E-state index in [1.54, 1.807) is 31.5 Å². The number of hydrogen-bond donors (Lipinski definition) is 1. The van der Waals surface area contributed by atoms with Gasteiger partial charge >= 0.3 is 0 Å². The van der Waals surface area contributed by atoms with Crippen molar-refractivity contribution >= 4 is 11.8 Å². The minimum atomic E-state index is -0.649. The molecule has 0 unspecified atom stereocenters. The number of pyridine rings is 1. The van der Waals surface area contributed by atoms with E-state index < -0.39 is 6.10 Å². The number of benzene rings is 1. The van der Waals surface area contributed by atoms with E-state index in [2.05, 4.69) is 4.98 Å². The molecule has 0 saturated heterocycles. The first kappa shape index (κ1) is 12.1. The molecule has 0 radical (unpaired) electrons. The highest BCUT2D eigenvalue weighted by Crippen LogP contribution is 2.30. The van der Waals surface area contributed by atoms with Crippen LogP contribution in [0.5, 0.6) is 0 Å². The Morgan fingerprint density at radius 2 is 1.94 bits per heavy atom. The Kier molecular flexibility index (Phi) is 3.76. The smallest absolute Gasteiger partial charge is 0.137 e. The molecule has 0 aliphatic rings. The highest BCUT2D eigenvalue weighted by molar-refractivity contribution is 7.99. The zero-order valence-electron chi connectivity index (χ0n) is 9.30. The number of rotatable bonds is 3. The van der Waals surface area contributed by atoms with Crippen LogP contribution in [-0.4, -0.2) is 10.1 Å². The van der Waals surface area contributed by atoms with Crippen molar-refractivity contribution < 1.29 is 9.50 Å². The van der Waals surface area contributed by atoms with Crippen molar-refractivity contribution in [2.24, 2.45) is 0 Å². The van der Waals surface area contributed by atoms with Gasteiger partial charge in [-0.1, -0.05) is 17.8 Å². The van der Waals surface area contributed by atoms with Gasteiger partial charge in [0.05, 0.1) is 6.10 Å². The summed E-state index contributed by atoms with van der Waals surface area (Å²) in [5.41, 5.74) is 0.585. The van der Waals surface area contributed by atoms with E-state index in [1.807, 2.05) is 12.1 Å². The van der Waals surface area contributed by atoms with E-state index in [4.69, 9.17) is 0 Å². The zero-order valence-corrected chi connectivity index (χ0v) is 10.1. The van der Waals surface area contributed by atoms with Crippen molar-refractivity contribution in [2.75, 3.05) is 0 Å². The minimum absolute atomic E-state index is 0.315. The van der Waals surface area contributed by atoms with Crippen LogP contribution in [0.25, 0.3) is 0 Å². The van der Waals surface area contributed by atoms with Crippen LogP contribution in [0.15, 0.2) is 52.5 Å². The first-order valence-electron chi connectivity index (χ1n) is 5.22. The molecule has 1 aromatic heterocycles. The molecule has 1 atom stereocenters. The second kappa shape index (κ2) is 5.29. The molecule has 17 heavy (non-hydrogen) atoms. The molecule has 2 rings (SSSR count). The molecule has 0 aliphatic carbocycles. The summed E-state index contributed by atoms with van der Waals surface area (Å²) in [7, 11) is 0. The van der Waals surface area contributed by atoms with Crippen LogP contribution in [-0.2, 0) is 0 Å². The van der Waals surface area contributed by atoms with Crippen molar-refractivity contribution in [1.29, 1.82) is 0 Å². The van der Waals surface area contributed by atoms with Crippen LogP contribution in [0.4, 0.5) is 4.39 Å². The Balaban J connectivity index is 2.23. The van der Waals surface area contributed by atoms with E-state index in [1.165, 1.54) is 17.8 Å². The van der Waals surface area contributed by atoms with E-state index in [0.29, 0.717) is 10.5 Å². The molecule has 2 nitrogen and oxygen atoms in total. The van der Waals surface area contributed by atoms with Gasteiger partial charge < -0.3 is 5.11 Å². The third kappa shape index (κ3) is 3.05. The van der Waals surface area contributed by atoms with Crippen LogP contribution < -0.4 is 0 Å². The Morgan fingerprint density at radius 3 is 2.53 bits per heavy atom. The van der Waals surface area contributed by atoms with Gasteiger partial charge in [-0.25, -0.2) is 4.39 Å². The molecule has 88 valence electrons. The molecule has 2 aromatic rings. The molecule has 1 N–H and O–H groups in total. The van der Waals surface area contributed by atoms with E-state index in [-0.39, 0.29) is 5.82 Å². The van der Waals surface area contributed by atoms with Crippen molar-refractivity contribution in [3.8, 4) is 0 Å². The van der Waals surface area contributed by atoms with Gasteiger partial charge in [0.2, 0.25) is 0 Å². The van der Waals surface area contributed by atoms with Crippen molar-refractivity contribution in [1.82, 2.24) is 4.98 Å². The second-order valence-electron chi connectivity index (χ2n) is 3.65. The summed E-state index contributed by atoms with van der Waals surface area (Å²) in [5, 5.41) is 9.35. The van der Waals surface area contributed by atoms with Crippen molar-refractivity contribution in [3.63, 3.8) is 0 Å². The molecule has 0 saturated carbocycles. The first-order valence-corrected chi connectivity index (χ1v) is 6.04. The average Bonchev–Trinajstić information content (AvgIpc) is 2.33. The lowest BCUT2D eigenvalue weighted by Crippen LogP contribution is -1.92. The quantitative estimate of drug-likeness (QED) is 0.904. The summed E-state index contributed by atoms with van der Waals surface area (Å²) >= 11 is 1.34. The van der Waals surface area contributed by atoms with Gasteiger partial charge in [0.15, 0.2) is 0 Å². The van der Waals surface area contributed by atoms with Crippen LogP contribution in [0.3, 0.4) is 0 Å². The number of aliphatic hydroxyl groups excluding tert-OH is 1. The largest absolute Gasteiger partial charge is 0.389 e. The van der Waals surface area contributed by atoms with Gasteiger partial charge in [-0.05, 0) is 36.8 Å². The lowest BCUT2D eigenvalue weighted by molar-refractivity contribution is 0.198. The zero-order chi connectivity index (χ0) is 12.3. The molecule has 0 bridgehead atoms. The van der Waals surface area contributed by atoms with Crippen molar-refractivity contribution in [3.05, 3.63) is 54.1 Å². The Bertz CT molecular complexity index is 502. The maximum Gasteiger partial charge on any atom is 0.137 e. The fourth-order valence-corrected chi connectivity index (χ4v) is 2.20. The predicted octanol–water partition coefficient (Wildman–Crippen LogP) is 3.43. The number of halogens is 1. The molecule has 0 spiro atoms. The summed E-state index contributed by atoms with van der Waals surface area (Å²) in [6.07, 6.45) is 2.69. The van der Waals surface area contributed by atoms with Crippen molar-refractivity contribution in [2.45, 2.75) is 22.8 Å². The molecule has 0 aliphatic heterocycles. The highest BCUT2D eigenvalue weighted by atomic mass is 32.2. The van der Waals surface area contributed by atoms with E-state index >= 15 is 0 Å². The standard InChI is InChI=1S/C13H12FNOS/c1-9(16)10-2-3-13(12(14)8-10)17-11-4-6-15-7-5-11/h2-9,16H,1H3/t9-/m0/s1. The topological polar surface area (TPSA) is 33.1 Å².